The van der Waals surface area contributed by atoms with E-state index in [0.717, 1.165) is 0 Å². The van der Waals surface area contributed by atoms with Gasteiger partial charge in [0.15, 0.2) is 11.6 Å². The predicted octanol–water partition coefficient (Wildman–Crippen LogP) is 2.12. The number of nitrogens with one attached hydrogen (secondary N) is 1. The summed E-state index contributed by atoms with van der Waals surface area (Å²) in [6, 6.07) is 3.08. The molecule has 5 N–H and O–H groups in total. The van der Waals surface area contributed by atoms with E-state index in [1.807, 2.05) is 0 Å². The molecule has 1 aromatic carbocycles. The maximum Gasteiger partial charge on any atom is 0.169 e. The van der Waals surface area contributed by atoms with Crippen molar-refractivity contribution in [2.24, 2.45) is 7.05 Å². The summed E-state index contributed by atoms with van der Waals surface area (Å²) in [4.78, 5) is 0. The summed E-state index contributed by atoms with van der Waals surface area (Å²) >= 11 is 5.71. The second-order valence-corrected chi connectivity index (χ2v) is 3.94. The Morgan fingerprint density at radius 3 is 2.71 bits per heavy atom. The summed E-state index contributed by atoms with van der Waals surface area (Å²) < 4.78 is 15.4. The van der Waals surface area contributed by atoms with Gasteiger partial charge in [0, 0.05) is 19.3 Å². The molecule has 2 rings (SSSR count). The highest BCUT2D eigenvalue weighted by molar-refractivity contribution is 6.33. The minimum atomic E-state index is -0.685. The standard InChI is InChI=1S/C10H11ClFN5/c1-17-3-2-7(16-17)15-10-6(14)4-5(13)8(11)9(10)12/h2-4H,13-14H2,1H3,(H,15,16). The summed E-state index contributed by atoms with van der Waals surface area (Å²) in [7, 11) is 1.75. The molecule has 2 aromatic rings. The Morgan fingerprint density at radius 2 is 2.12 bits per heavy atom. The second-order valence-electron chi connectivity index (χ2n) is 3.56. The molecule has 0 saturated carbocycles. The van der Waals surface area contributed by atoms with Gasteiger partial charge in [-0.25, -0.2) is 4.39 Å². The zero-order valence-electron chi connectivity index (χ0n) is 9.04. The lowest BCUT2D eigenvalue weighted by Gasteiger charge is -2.11. The molecular weight excluding hydrogens is 245 g/mol. The van der Waals surface area contributed by atoms with Gasteiger partial charge in [0.05, 0.1) is 11.4 Å². The van der Waals surface area contributed by atoms with E-state index < -0.39 is 5.82 Å². The normalized spacial score (nSPS) is 10.5. The number of rotatable bonds is 2. The Kier molecular flexibility index (Phi) is 2.81. The second kappa shape index (κ2) is 4.14. The van der Waals surface area contributed by atoms with Crippen LogP contribution in [0.15, 0.2) is 18.3 Å². The van der Waals surface area contributed by atoms with Gasteiger partial charge >= 0.3 is 0 Å². The summed E-state index contributed by atoms with van der Waals surface area (Å²) in [6.07, 6.45) is 1.72. The SMILES string of the molecule is Cn1ccc(Nc2c(N)cc(N)c(Cl)c2F)n1. The molecule has 0 fully saturated rings. The fourth-order valence-corrected chi connectivity index (χ4v) is 1.55. The molecule has 5 nitrogen and oxygen atoms in total. The Bertz CT molecular complexity index is 566. The highest BCUT2D eigenvalue weighted by Crippen LogP contribution is 2.34. The van der Waals surface area contributed by atoms with Crippen molar-refractivity contribution < 1.29 is 4.39 Å². The highest BCUT2D eigenvalue weighted by Gasteiger charge is 2.15. The van der Waals surface area contributed by atoms with Gasteiger partial charge in [-0.1, -0.05) is 11.6 Å². The van der Waals surface area contributed by atoms with Crippen LogP contribution in [0.4, 0.5) is 27.3 Å². The van der Waals surface area contributed by atoms with Gasteiger partial charge in [0.2, 0.25) is 0 Å². The largest absolute Gasteiger partial charge is 0.397 e. The molecule has 0 aliphatic heterocycles. The van der Waals surface area contributed by atoms with E-state index in [0.29, 0.717) is 5.82 Å². The van der Waals surface area contributed by atoms with Crippen LogP contribution in [0.1, 0.15) is 0 Å². The minimum Gasteiger partial charge on any atom is -0.397 e. The fourth-order valence-electron chi connectivity index (χ4n) is 1.40. The molecule has 0 unspecified atom stereocenters. The number of nitrogens with two attached hydrogens (primary N) is 2. The van der Waals surface area contributed by atoms with Gasteiger partial charge in [-0.05, 0) is 6.07 Å². The van der Waals surface area contributed by atoms with Crippen molar-refractivity contribution in [1.29, 1.82) is 0 Å². The van der Waals surface area contributed by atoms with E-state index in [1.165, 1.54) is 6.07 Å². The van der Waals surface area contributed by atoms with Crippen LogP contribution < -0.4 is 16.8 Å². The van der Waals surface area contributed by atoms with Crippen LogP contribution >= 0.6 is 11.6 Å². The third-order valence-electron chi connectivity index (χ3n) is 2.23. The van der Waals surface area contributed by atoms with Crippen molar-refractivity contribution in [3.8, 4) is 0 Å². The quantitative estimate of drug-likeness (QED) is 0.718. The average Bonchev–Trinajstić information content (AvgIpc) is 2.67. The van der Waals surface area contributed by atoms with E-state index in [9.17, 15) is 4.39 Å². The number of hydrogen-bond acceptors (Lipinski definition) is 4. The third-order valence-corrected chi connectivity index (χ3v) is 2.62. The number of aromatic nitrogens is 2. The lowest BCUT2D eigenvalue weighted by molar-refractivity contribution is 0.633. The number of nitrogens with zero attached hydrogens (tertiary/aromatic N) is 2. The molecule has 0 spiro atoms. The number of hydrogen-bond donors (Lipinski definition) is 3. The van der Waals surface area contributed by atoms with Gasteiger partial charge in [0.25, 0.3) is 0 Å². The van der Waals surface area contributed by atoms with Crippen molar-refractivity contribution >= 4 is 34.5 Å². The number of anilines is 4. The first-order valence-electron chi connectivity index (χ1n) is 4.78. The van der Waals surface area contributed by atoms with E-state index in [-0.39, 0.29) is 22.1 Å². The smallest absolute Gasteiger partial charge is 0.169 e. The average molecular weight is 256 g/mol. The van der Waals surface area contributed by atoms with E-state index in [1.54, 1.807) is 24.0 Å². The lowest BCUT2D eigenvalue weighted by Crippen LogP contribution is -2.03. The van der Waals surface area contributed by atoms with Crippen LogP contribution in [0.5, 0.6) is 0 Å². The minimum absolute atomic E-state index is 0.0721. The van der Waals surface area contributed by atoms with E-state index in [2.05, 4.69) is 10.4 Å². The summed E-state index contributed by atoms with van der Waals surface area (Å²) in [5.41, 5.74) is 11.5. The number of benzene rings is 1. The van der Waals surface area contributed by atoms with E-state index >= 15 is 0 Å². The predicted molar refractivity (Wildman–Crippen MR) is 66.7 cm³/mol. The van der Waals surface area contributed by atoms with Crippen LogP contribution in [-0.4, -0.2) is 9.78 Å². The maximum atomic E-state index is 13.8. The number of nitrogen functional groups attached to an aromatic ring is 2. The first-order chi connectivity index (χ1) is 7.99. The molecule has 0 saturated heterocycles. The summed E-state index contributed by atoms with van der Waals surface area (Å²) in [5.74, 6) is -0.214. The molecule has 0 aliphatic rings. The van der Waals surface area contributed by atoms with Crippen molar-refractivity contribution in [2.75, 3.05) is 16.8 Å². The molecule has 1 heterocycles. The molecule has 90 valence electrons. The summed E-state index contributed by atoms with van der Waals surface area (Å²) in [5, 5.41) is 6.65. The van der Waals surface area contributed by atoms with Gasteiger partial charge in [-0.2, -0.15) is 5.10 Å². The maximum absolute atomic E-state index is 13.8. The molecular formula is C10H11ClFN5. The first kappa shape index (κ1) is 11.5. The van der Waals surface area contributed by atoms with Gasteiger partial charge in [-0.3, -0.25) is 4.68 Å². The third kappa shape index (κ3) is 2.12. The van der Waals surface area contributed by atoms with Crippen LogP contribution in [-0.2, 0) is 7.05 Å². The van der Waals surface area contributed by atoms with Crippen molar-refractivity contribution in [2.45, 2.75) is 0 Å². The molecule has 0 atom stereocenters. The zero-order valence-corrected chi connectivity index (χ0v) is 9.79. The highest BCUT2D eigenvalue weighted by atomic mass is 35.5. The van der Waals surface area contributed by atoms with Gasteiger partial charge < -0.3 is 16.8 Å². The van der Waals surface area contributed by atoms with Crippen LogP contribution in [0.25, 0.3) is 0 Å². The Balaban J connectivity index is 2.42. The summed E-state index contributed by atoms with van der Waals surface area (Å²) in [6.45, 7) is 0. The molecule has 0 radical (unpaired) electrons. The monoisotopic (exact) mass is 255 g/mol. The zero-order chi connectivity index (χ0) is 12.6. The Morgan fingerprint density at radius 1 is 1.41 bits per heavy atom. The topological polar surface area (TPSA) is 81.9 Å². The lowest BCUT2D eigenvalue weighted by atomic mass is 10.2. The molecule has 1 aromatic heterocycles. The van der Waals surface area contributed by atoms with Crippen molar-refractivity contribution in [1.82, 2.24) is 9.78 Å². The molecule has 17 heavy (non-hydrogen) atoms. The molecule has 0 bridgehead atoms. The molecule has 0 amide bonds. The van der Waals surface area contributed by atoms with E-state index in [4.69, 9.17) is 23.1 Å². The van der Waals surface area contributed by atoms with Crippen molar-refractivity contribution in [3.05, 3.63) is 29.2 Å². The van der Waals surface area contributed by atoms with Crippen LogP contribution in [0, 0.1) is 5.82 Å². The first-order valence-corrected chi connectivity index (χ1v) is 5.16. The fraction of sp³-hybridized carbons (Fsp3) is 0.100. The number of aryl methyl sites for hydroxylation is 1. The molecule has 7 heteroatoms. The molecule has 0 aliphatic carbocycles. The Hall–Kier alpha value is -1.95. The Labute approximate surface area is 102 Å². The van der Waals surface area contributed by atoms with Gasteiger partial charge in [0.1, 0.15) is 10.7 Å². The van der Waals surface area contributed by atoms with Crippen molar-refractivity contribution in [3.63, 3.8) is 0 Å². The van der Waals surface area contributed by atoms with Crippen LogP contribution in [0.2, 0.25) is 5.02 Å². The van der Waals surface area contributed by atoms with Gasteiger partial charge in [-0.15, -0.1) is 0 Å². The van der Waals surface area contributed by atoms with Crippen LogP contribution in [0.3, 0.4) is 0 Å². The number of halogens is 2.